The number of amides is 2. The van der Waals surface area contributed by atoms with Crippen molar-refractivity contribution in [3.05, 3.63) is 59.1 Å². The van der Waals surface area contributed by atoms with Crippen molar-refractivity contribution in [1.82, 2.24) is 20.1 Å². The molecule has 0 saturated carbocycles. The summed E-state index contributed by atoms with van der Waals surface area (Å²) in [5.41, 5.74) is 1.03. The summed E-state index contributed by atoms with van der Waals surface area (Å²) in [5, 5.41) is 9.87. The lowest BCUT2D eigenvalue weighted by atomic mass is 10.2. The van der Waals surface area contributed by atoms with Crippen LogP contribution in [-0.4, -0.2) is 52.6 Å². The van der Waals surface area contributed by atoms with Crippen LogP contribution in [-0.2, 0) is 4.79 Å². The fourth-order valence-corrected chi connectivity index (χ4v) is 2.49. The Morgan fingerprint density at radius 1 is 1.18 bits per heavy atom. The average molecular weight is 400 g/mol. The van der Waals surface area contributed by atoms with Gasteiger partial charge in [-0.05, 0) is 30.3 Å². The number of rotatable bonds is 6. The first-order chi connectivity index (χ1) is 13.4. The van der Waals surface area contributed by atoms with Crippen LogP contribution in [0.3, 0.4) is 0 Å². The third-order valence-corrected chi connectivity index (χ3v) is 4.13. The topological polar surface area (TPSA) is 100 Å². The molecule has 0 spiro atoms. The minimum atomic E-state index is -0.408. The molecule has 0 saturated heterocycles. The van der Waals surface area contributed by atoms with Crippen LogP contribution in [0.2, 0.25) is 5.02 Å². The lowest BCUT2D eigenvalue weighted by Gasteiger charge is -2.11. The predicted molar refractivity (Wildman–Crippen MR) is 105 cm³/mol. The quantitative estimate of drug-likeness (QED) is 0.663. The van der Waals surface area contributed by atoms with E-state index in [2.05, 4.69) is 20.5 Å². The number of nitrogens with zero attached hydrogens (tertiary/aromatic N) is 3. The predicted octanol–water partition coefficient (Wildman–Crippen LogP) is 2.84. The Bertz CT molecular complexity index is 1000. The number of hydrogen-bond donors (Lipinski definition) is 2. The van der Waals surface area contributed by atoms with Gasteiger partial charge in [0.05, 0.1) is 5.02 Å². The maximum absolute atomic E-state index is 12.5. The molecule has 2 N–H and O–H groups in total. The number of carbonyl (C=O) groups is 2. The van der Waals surface area contributed by atoms with Crippen LogP contribution in [0.4, 0.5) is 5.95 Å². The number of likely N-dealkylation sites (N-methyl/N-ethyl adjacent to an activating group) is 1. The molecule has 0 aliphatic carbocycles. The van der Waals surface area contributed by atoms with Crippen LogP contribution in [0.5, 0.6) is 5.75 Å². The van der Waals surface area contributed by atoms with Crippen molar-refractivity contribution in [2.45, 2.75) is 0 Å². The molecule has 0 bridgehead atoms. The first-order valence-corrected chi connectivity index (χ1v) is 8.73. The van der Waals surface area contributed by atoms with Crippen LogP contribution in [0.25, 0.3) is 11.4 Å². The van der Waals surface area contributed by atoms with E-state index in [1.54, 1.807) is 50.5 Å². The van der Waals surface area contributed by atoms with Gasteiger partial charge in [-0.2, -0.15) is 4.98 Å². The molecule has 0 radical (unpaired) electrons. The van der Waals surface area contributed by atoms with E-state index in [0.717, 1.165) is 0 Å². The standard InChI is InChI=1S/C19H18ClN5O3/c1-25(2)16(26)11-28-13-7-5-6-12(10-13)18(27)22-19-21-17(23-24-19)14-8-3-4-9-15(14)20/h3-10H,11H2,1-2H3,(H2,21,22,23,24,27). The van der Waals surface area contributed by atoms with Gasteiger partial charge in [0.1, 0.15) is 5.75 Å². The van der Waals surface area contributed by atoms with Gasteiger partial charge >= 0.3 is 0 Å². The number of H-pyrrole nitrogens is 1. The third kappa shape index (κ3) is 4.66. The zero-order valence-electron chi connectivity index (χ0n) is 15.3. The van der Waals surface area contributed by atoms with Gasteiger partial charge in [-0.15, -0.1) is 5.10 Å². The largest absolute Gasteiger partial charge is 0.484 e. The average Bonchev–Trinajstić information content (AvgIpc) is 3.14. The molecule has 28 heavy (non-hydrogen) atoms. The van der Waals surface area contributed by atoms with Crippen LogP contribution < -0.4 is 10.1 Å². The summed E-state index contributed by atoms with van der Waals surface area (Å²) in [6.07, 6.45) is 0. The van der Waals surface area contributed by atoms with E-state index in [1.807, 2.05) is 12.1 Å². The molecule has 9 heteroatoms. The minimum Gasteiger partial charge on any atom is -0.484 e. The van der Waals surface area contributed by atoms with Gasteiger partial charge in [0.25, 0.3) is 11.8 Å². The number of ether oxygens (including phenoxy) is 1. The monoisotopic (exact) mass is 399 g/mol. The number of aromatic nitrogens is 3. The maximum atomic E-state index is 12.5. The lowest BCUT2D eigenvalue weighted by Crippen LogP contribution is -2.27. The van der Waals surface area contributed by atoms with Crippen molar-refractivity contribution in [2.75, 3.05) is 26.0 Å². The van der Waals surface area contributed by atoms with Crippen molar-refractivity contribution < 1.29 is 14.3 Å². The lowest BCUT2D eigenvalue weighted by molar-refractivity contribution is -0.130. The second kappa shape index (κ2) is 8.53. The Morgan fingerprint density at radius 2 is 1.96 bits per heavy atom. The Morgan fingerprint density at radius 3 is 2.71 bits per heavy atom. The molecule has 8 nitrogen and oxygen atoms in total. The molecule has 0 fully saturated rings. The zero-order chi connectivity index (χ0) is 20.1. The smallest absolute Gasteiger partial charge is 0.259 e. The van der Waals surface area contributed by atoms with Crippen LogP contribution >= 0.6 is 11.6 Å². The van der Waals surface area contributed by atoms with Crippen molar-refractivity contribution in [3.63, 3.8) is 0 Å². The fraction of sp³-hybridized carbons (Fsp3) is 0.158. The Labute approximate surface area is 166 Å². The first-order valence-electron chi connectivity index (χ1n) is 8.35. The molecule has 0 unspecified atom stereocenters. The van der Waals surface area contributed by atoms with Gasteiger partial charge in [-0.25, -0.2) is 0 Å². The molecule has 3 rings (SSSR count). The summed E-state index contributed by atoms with van der Waals surface area (Å²) in [5.74, 6) is 0.389. The third-order valence-electron chi connectivity index (χ3n) is 3.80. The highest BCUT2D eigenvalue weighted by atomic mass is 35.5. The van der Waals surface area contributed by atoms with E-state index in [9.17, 15) is 9.59 Å². The number of aromatic amines is 1. The summed E-state index contributed by atoms with van der Waals surface area (Å²) in [6.45, 7) is -0.111. The minimum absolute atomic E-state index is 0.111. The molecule has 0 aliphatic heterocycles. The Hall–Kier alpha value is -3.39. The number of carbonyl (C=O) groups excluding carboxylic acids is 2. The molecular weight excluding hydrogens is 382 g/mol. The fourth-order valence-electron chi connectivity index (χ4n) is 2.27. The van der Waals surface area contributed by atoms with Gasteiger partial charge in [-0.3, -0.25) is 20.0 Å². The van der Waals surface area contributed by atoms with Gasteiger partial charge < -0.3 is 9.64 Å². The van der Waals surface area contributed by atoms with Gasteiger partial charge in [-0.1, -0.05) is 29.8 Å². The Balaban J connectivity index is 1.68. The molecule has 0 atom stereocenters. The summed E-state index contributed by atoms with van der Waals surface area (Å²) < 4.78 is 5.42. The van der Waals surface area contributed by atoms with Crippen molar-refractivity contribution in [1.29, 1.82) is 0 Å². The molecule has 0 aliphatic rings. The van der Waals surface area contributed by atoms with Crippen LogP contribution in [0.15, 0.2) is 48.5 Å². The number of nitrogens with one attached hydrogen (secondary N) is 2. The molecule has 2 amide bonds. The van der Waals surface area contributed by atoms with Gasteiger partial charge in [0, 0.05) is 25.2 Å². The second-order valence-electron chi connectivity index (χ2n) is 6.05. The van der Waals surface area contributed by atoms with Crippen LogP contribution in [0, 0.1) is 0 Å². The van der Waals surface area contributed by atoms with E-state index in [1.165, 1.54) is 4.90 Å². The van der Waals surface area contributed by atoms with E-state index in [0.29, 0.717) is 27.7 Å². The SMILES string of the molecule is CN(C)C(=O)COc1cccc(C(=O)Nc2n[nH]c(-c3ccccc3Cl)n2)c1. The molecule has 3 aromatic rings. The number of anilines is 1. The normalized spacial score (nSPS) is 10.4. The van der Waals surface area contributed by atoms with E-state index < -0.39 is 5.91 Å². The summed E-state index contributed by atoms with van der Waals surface area (Å²) in [6, 6.07) is 13.7. The van der Waals surface area contributed by atoms with Crippen molar-refractivity contribution in [3.8, 4) is 17.1 Å². The number of hydrogen-bond acceptors (Lipinski definition) is 5. The zero-order valence-corrected chi connectivity index (χ0v) is 16.0. The second-order valence-corrected chi connectivity index (χ2v) is 6.45. The van der Waals surface area contributed by atoms with E-state index in [4.69, 9.17) is 16.3 Å². The summed E-state index contributed by atoms with van der Waals surface area (Å²) in [7, 11) is 3.28. The van der Waals surface area contributed by atoms with Crippen molar-refractivity contribution >= 4 is 29.4 Å². The molecule has 1 aromatic heterocycles. The number of halogens is 1. The number of benzene rings is 2. The highest BCUT2D eigenvalue weighted by Crippen LogP contribution is 2.25. The molecule has 1 heterocycles. The van der Waals surface area contributed by atoms with Gasteiger partial charge in [0.2, 0.25) is 5.95 Å². The molecule has 144 valence electrons. The first kappa shape index (κ1) is 19.4. The molecule has 2 aromatic carbocycles. The highest BCUT2D eigenvalue weighted by molar-refractivity contribution is 6.33. The van der Waals surface area contributed by atoms with E-state index >= 15 is 0 Å². The van der Waals surface area contributed by atoms with E-state index in [-0.39, 0.29) is 18.5 Å². The van der Waals surface area contributed by atoms with Crippen molar-refractivity contribution in [2.24, 2.45) is 0 Å². The maximum Gasteiger partial charge on any atom is 0.259 e. The Kier molecular flexibility index (Phi) is 5.90. The summed E-state index contributed by atoms with van der Waals surface area (Å²) in [4.78, 5) is 29.7. The summed E-state index contributed by atoms with van der Waals surface area (Å²) >= 11 is 6.14. The van der Waals surface area contributed by atoms with Crippen LogP contribution in [0.1, 0.15) is 10.4 Å². The molecular formula is C19H18ClN5O3. The van der Waals surface area contributed by atoms with Gasteiger partial charge in [0.15, 0.2) is 12.4 Å². The highest BCUT2D eigenvalue weighted by Gasteiger charge is 2.13.